The van der Waals surface area contributed by atoms with Gasteiger partial charge >= 0.3 is 0 Å². The quantitative estimate of drug-likeness (QED) is 0.737. The molecule has 1 fully saturated rings. The minimum Gasteiger partial charge on any atom is -0.340 e. The molecule has 20 heavy (non-hydrogen) atoms. The molecule has 1 aliphatic carbocycles. The second kappa shape index (κ2) is 8.66. The molecule has 0 heterocycles. The highest BCUT2D eigenvalue weighted by Crippen LogP contribution is 2.39. The van der Waals surface area contributed by atoms with E-state index in [-0.39, 0.29) is 5.41 Å². The van der Waals surface area contributed by atoms with E-state index in [9.17, 15) is 4.79 Å². The second-order valence-electron chi connectivity index (χ2n) is 6.64. The lowest BCUT2D eigenvalue weighted by Crippen LogP contribution is -2.44. The monoisotopic (exact) mass is 282 g/mol. The molecule has 0 saturated heterocycles. The van der Waals surface area contributed by atoms with Crippen molar-refractivity contribution in [3.63, 3.8) is 0 Å². The molecule has 0 aromatic carbocycles. The van der Waals surface area contributed by atoms with E-state index in [0.717, 1.165) is 38.6 Å². The van der Waals surface area contributed by atoms with Crippen molar-refractivity contribution in [1.29, 1.82) is 0 Å². The predicted octanol–water partition coefficient (Wildman–Crippen LogP) is 3.71. The Labute approximate surface area is 125 Å². The summed E-state index contributed by atoms with van der Waals surface area (Å²) in [4.78, 5) is 14.9. The highest BCUT2D eigenvalue weighted by atomic mass is 16.2. The van der Waals surface area contributed by atoms with Crippen LogP contribution in [0.5, 0.6) is 0 Å². The Morgan fingerprint density at radius 2 is 1.90 bits per heavy atom. The van der Waals surface area contributed by atoms with Gasteiger partial charge in [0.25, 0.3) is 0 Å². The molecule has 0 spiro atoms. The lowest BCUT2D eigenvalue weighted by atomic mass is 9.71. The zero-order valence-electron chi connectivity index (χ0n) is 13.8. The minimum atomic E-state index is 0.0905. The molecule has 1 rings (SSSR count). The number of nitrogens with two attached hydrogens (primary N) is 1. The van der Waals surface area contributed by atoms with E-state index in [2.05, 4.69) is 25.7 Å². The summed E-state index contributed by atoms with van der Waals surface area (Å²) in [6.45, 7) is 8.09. The molecule has 0 radical (unpaired) electrons. The van der Waals surface area contributed by atoms with Gasteiger partial charge in [-0.15, -0.1) is 0 Å². The number of rotatable bonds is 8. The third kappa shape index (κ3) is 4.76. The normalized spacial score (nSPS) is 19.6. The van der Waals surface area contributed by atoms with Crippen LogP contribution in [0.3, 0.4) is 0 Å². The average Bonchev–Trinajstić information content (AvgIpc) is 2.48. The lowest BCUT2D eigenvalue weighted by Gasteiger charge is -2.38. The summed E-state index contributed by atoms with van der Waals surface area (Å²) in [7, 11) is 0. The summed E-state index contributed by atoms with van der Waals surface area (Å²) in [5.41, 5.74) is 6.12. The fourth-order valence-electron chi connectivity index (χ4n) is 3.32. The number of carbonyl (C=O) groups is 1. The molecule has 1 aliphatic rings. The molecule has 3 nitrogen and oxygen atoms in total. The van der Waals surface area contributed by atoms with Gasteiger partial charge in [-0.25, -0.2) is 0 Å². The number of hydrogen-bond acceptors (Lipinski definition) is 2. The lowest BCUT2D eigenvalue weighted by molar-refractivity contribution is -0.136. The number of unbranched alkanes of at least 4 members (excludes halogenated alkanes) is 1. The average molecular weight is 282 g/mol. The van der Waals surface area contributed by atoms with Gasteiger partial charge in [0.1, 0.15) is 0 Å². The summed E-state index contributed by atoms with van der Waals surface area (Å²) in [5.74, 6) is 0.333. The Bertz CT molecular complexity index is 285. The topological polar surface area (TPSA) is 46.3 Å². The second-order valence-corrected chi connectivity index (χ2v) is 6.64. The third-order valence-corrected chi connectivity index (χ3v) is 5.07. The van der Waals surface area contributed by atoms with E-state index in [0.29, 0.717) is 24.9 Å². The zero-order chi connectivity index (χ0) is 15.0. The maximum absolute atomic E-state index is 12.8. The van der Waals surface area contributed by atoms with Crippen LogP contribution in [-0.2, 0) is 4.79 Å². The van der Waals surface area contributed by atoms with Gasteiger partial charge in [-0.1, -0.05) is 39.5 Å². The summed E-state index contributed by atoms with van der Waals surface area (Å²) >= 11 is 0. The fraction of sp³-hybridized carbons (Fsp3) is 0.941. The predicted molar refractivity (Wildman–Crippen MR) is 85.6 cm³/mol. The zero-order valence-corrected chi connectivity index (χ0v) is 13.8. The number of carbonyl (C=O) groups excluding carboxylic acids is 1. The minimum absolute atomic E-state index is 0.0905. The molecule has 1 atom stereocenters. The highest BCUT2D eigenvalue weighted by molar-refractivity contribution is 5.77. The van der Waals surface area contributed by atoms with Gasteiger partial charge in [0.05, 0.1) is 0 Å². The molecule has 1 amide bonds. The van der Waals surface area contributed by atoms with Gasteiger partial charge in [0, 0.05) is 19.0 Å². The van der Waals surface area contributed by atoms with Crippen LogP contribution < -0.4 is 5.73 Å². The Morgan fingerprint density at radius 1 is 1.25 bits per heavy atom. The van der Waals surface area contributed by atoms with Gasteiger partial charge in [-0.05, 0) is 44.6 Å². The number of hydrogen-bond donors (Lipinski definition) is 1. The van der Waals surface area contributed by atoms with Crippen molar-refractivity contribution in [2.75, 3.05) is 13.1 Å². The van der Waals surface area contributed by atoms with Crippen LogP contribution in [0.4, 0.5) is 0 Å². The van der Waals surface area contributed by atoms with Gasteiger partial charge in [-0.2, -0.15) is 0 Å². The van der Waals surface area contributed by atoms with Gasteiger partial charge in [-0.3, -0.25) is 4.79 Å². The molecule has 0 bridgehead atoms. The molecule has 2 N–H and O–H groups in total. The first-order valence-electron chi connectivity index (χ1n) is 8.58. The maximum Gasteiger partial charge on any atom is 0.223 e. The Kier molecular flexibility index (Phi) is 7.57. The third-order valence-electron chi connectivity index (χ3n) is 5.07. The van der Waals surface area contributed by atoms with Crippen molar-refractivity contribution in [1.82, 2.24) is 4.90 Å². The van der Waals surface area contributed by atoms with E-state index >= 15 is 0 Å². The first kappa shape index (κ1) is 17.5. The van der Waals surface area contributed by atoms with E-state index < -0.39 is 0 Å². The van der Waals surface area contributed by atoms with Crippen LogP contribution in [0.15, 0.2) is 0 Å². The smallest absolute Gasteiger partial charge is 0.223 e. The fourth-order valence-corrected chi connectivity index (χ4v) is 3.32. The molecule has 0 aromatic heterocycles. The molecule has 0 aromatic rings. The van der Waals surface area contributed by atoms with E-state index in [4.69, 9.17) is 5.73 Å². The van der Waals surface area contributed by atoms with Crippen molar-refractivity contribution < 1.29 is 4.79 Å². The van der Waals surface area contributed by atoms with Crippen LogP contribution in [0.1, 0.15) is 78.6 Å². The molecule has 1 unspecified atom stereocenters. The van der Waals surface area contributed by atoms with E-state index in [1.807, 2.05) is 0 Å². The molecule has 0 aliphatic heterocycles. The van der Waals surface area contributed by atoms with Crippen molar-refractivity contribution in [2.24, 2.45) is 11.1 Å². The van der Waals surface area contributed by atoms with Crippen LogP contribution in [0.2, 0.25) is 0 Å². The van der Waals surface area contributed by atoms with Gasteiger partial charge in [0.2, 0.25) is 5.91 Å². The molecule has 1 saturated carbocycles. The Hall–Kier alpha value is -0.570. The number of amides is 1. The summed E-state index contributed by atoms with van der Waals surface area (Å²) in [6.07, 6.45) is 10.00. The first-order chi connectivity index (χ1) is 9.58. The van der Waals surface area contributed by atoms with E-state index in [1.165, 1.54) is 19.3 Å². The van der Waals surface area contributed by atoms with Crippen LogP contribution in [0, 0.1) is 5.41 Å². The highest BCUT2D eigenvalue weighted by Gasteiger charge is 2.34. The Balaban J connectivity index is 2.67. The van der Waals surface area contributed by atoms with Crippen LogP contribution >= 0.6 is 0 Å². The van der Waals surface area contributed by atoms with Crippen molar-refractivity contribution in [2.45, 2.75) is 84.6 Å². The number of nitrogens with zero attached hydrogens (tertiary/aromatic N) is 1. The van der Waals surface area contributed by atoms with Crippen LogP contribution in [-0.4, -0.2) is 29.9 Å². The molecular weight excluding hydrogens is 248 g/mol. The van der Waals surface area contributed by atoms with Crippen molar-refractivity contribution >= 4 is 5.91 Å². The molecule has 118 valence electrons. The first-order valence-corrected chi connectivity index (χ1v) is 8.58. The molecular formula is C17H34N2O. The van der Waals surface area contributed by atoms with E-state index in [1.54, 1.807) is 0 Å². The van der Waals surface area contributed by atoms with Gasteiger partial charge < -0.3 is 10.6 Å². The SMILES string of the molecule is CCCCN(C(=O)CC1(CN)CCCCC1)C(C)CC. The summed E-state index contributed by atoms with van der Waals surface area (Å²) in [5, 5.41) is 0. The maximum atomic E-state index is 12.8. The summed E-state index contributed by atoms with van der Waals surface area (Å²) < 4.78 is 0. The van der Waals surface area contributed by atoms with Crippen molar-refractivity contribution in [3.05, 3.63) is 0 Å². The van der Waals surface area contributed by atoms with Crippen molar-refractivity contribution in [3.8, 4) is 0 Å². The Morgan fingerprint density at radius 3 is 2.40 bits per heavy atom. The standard InChI is InChI=1S/C17H34N2O/c1-4-6-12-19(15(3)5-2)16(20)13-17(14-18)10-8-7-9-11-17/h15H,4-14,18H2,1-3H3. The summed E-state index contributed by atoms with van der Waals surface area (Å²) in [6, 6.07) is 0.354. The molecule has 3 heteroatoms. The largest absolute Gasteiger partial charge is 0.340 e. The van der Waals surface area contributed by atoms with Gasteiger partial charge in [0.15, 0.2) is 0 Å². The van der Waals surface area contributed by atoms with Crippen LogP contribution in [0.25, 0.3) is 0 Å².